The summed E-state index contributed by atoms with van der Waals surface area (Å²) in [4.78, 5) is 44.3. The molecule has 1 N–H and O–H groups in total. The number of aromatic amines is 1. The highest BCUT2D eigenvalue weighted by Crippen LogP contribution is 2.17. The lowest BCUT2D eigenvalue weighted by molar-refractivity contribution is 0.0746. The molecule has 1 fully saturated rings. The van der Waals surface area contributed by atoms with E-state index in [0.29, 0.717) is 48.3 Å². The summed E-state index contributed by atoms with van der Waals surface area (Å²) in [5.74, 6) is 0.757. The lowest BCUT2D eigenvalue weighted by Gasteiger charge is -2.35. The molecule has 1 amide bonds. The molecule has 6 rings (SSSR count). The third-order valence-corrected chi connectivity index (χ3v) is 6.46. The molecule has 3 aromatic heterocycles. The zero-order valence-electron chi connectivity index (χ0n) is 19.2. The van der Waals surface area contributed by atoms with Gasteiger partial charge in [-0.25, -0.2) is 4.79 Å². The van der Waals surface area contributed by atoms with Crippen LogP contribution in [0.3, 0.4) is 0 Å². The Labute approximate surface area is 204 Å². The molecule has 1 aliphatic rings. The number of anilines is 1. The lowest BCUT2D eigenvalue weighted by Crippen LogP contribution is -2.49. The van der Waals surface area contributed by atoms with Gasteiger partial charge in [-0.1, -0.05) is 24.3 Å². The second-order valence-electron chi connectivity index (χ2n) is 8.67. The van der Waals surface area contributed by atoms with Gasteiger partial charge >= 0.3 is 5.69 Å². The van der Waals surface area contributed by atoms with Crippen LogP contribution in [-0.4, -0.2) is 66.3 Å². The van der Waals surface area contributed by atoms with Gasteiger partial charge in [-0.05, 0) is 42.0 Å². The zero-order chi connectivity index (χ0) is 24.6. The Morgan fingerprint density at radius 1 is 0.944 bits per heavy atom. The Kier molecular flexibility index (Phi) is 5.29. The summed E-state index contributed by atoms with van der Waals surface area (Å²) in [6.45, 7) is 2.68. The fourth-order valence-corrected chi connectivity index (χ4v) is 4.59. The molecule has 2 aromatic carbocycles. The SMILES string of the molecule is O=C(c1cccc(Cn2c(=O)[nH]c(=O)c3ccccc32)c1)N1CCN(c2ccc3nncn3n2)CC1. The van der Waals surface area contributed by atoms with Crippen LogP contribution in [0.15, 0.2) is 76.6 Å². The molecule has 11 nitrogen and oxygen atoms in total. The summed E-state index contributed by atoms with van der Waals surface area (Å²) in [6, 6.07) is 18.0. The Bertz CT molecular complexity index is 1710. The van der Waals surface area contributed by atoms with E-state index in [0.717, 1.165) is 11.4 Å². The molecular formula is C25H22N8O3. The first-order valence-electron chi connectivity index (χ1n) is 11.6. The summed E-state index contributed by atoms with van der Waals surface area (Å²) >= 11 is 0. The van der Waals surface area contributed by atoms with E-state index < -0.39 is 11.2 Å². The van der Waals surface area contributed by atoms with Crippen molar-refractivity contribution in [3.8, 4) is 0 Å². The molecule has 1 saturated heterocycles. The van der Waals surface area contributed by atoms with Gasteiger partial charge in [0, 0.05) is 31.7 Å². The molecule has 1 aliphatic heterocycles. The maximum Gasteiger partial charge on any atom is 0.329 e. The number of piperazine rings is 1. The molecule has 4 heterocycles. The number of hydrogen-bond donors (Lipinski definition) is 1. The van der Waals surface area contributed by atoms with Crippen molar-refractivity contribution in [3.05, 3.63) is 99.0 Å². The number of carbonyl (C=O) groups excluding carboxylic acids is 1. The number of rotatable bonds is 4. The topological polar surface area (TPSA) is 121 Å². The van der Waals surface area contributed by atoms with Gasteiger partial charge < -0.3 is 9.80 Å². The molecule has 0 unspecified atom stereocenters. The van der Waals surface area contributed by atoms with Gasteiger partial charge in [0.2, 0.25) is 0 Å². The van der Waals surface area contributed by atoms with Crippen molar-refractivity contribution in [1.82, 2.24) is 34.3 Å². The number of amides is 1. The number of fused-ring (bicyclic) bond motifs is 2. The van der Waals surface area contributed by atoms with Crippen LogP contribution in [0.1, 0.15) is 15.9 Å². The van der Waals surface area contributed by atoms with Crippen molar-refractivity contribution in [3.63, 3.8) is 0 Å². The number of carbonyl (C=O) groups is 1. The zero-order valence-corrected chi connectivity index (χ0v) is 19.2. The van der Waals surface area contributed by atoms with Gasteiger partial charge in [-0.15, -0.1) is 15.3 Å². The van der Waals surface area contributed by atoms with E-state index in [1.807, 2.05) is 35.2 Å². The van der Waals surface area contributed by atoms with Crippen molar-refractivity contribution < 1.29 is 4.79 Å². The molecule has 11 heteroatoms. The number of hydrogen-bond acceptors (Lipinski definition) is 7. The fraction of sp³-hybridized carbons (Fsp3) is 0.200. The van der Waals surface area contributed by atoms with Gasteiger partial charge in [-0.3, -0.25) is 19.1 Å². The second kappa shape index (κ2) is 8.77. The third-order valence-electron chi connectivity index (χ3n) is 6.46. The largest absolute Gasteiger partial charge is 0.352 e. The first-order valence-corrected chi connectivity index (χ1v) is 11.6. The van der Waals surface area contributed by atoms with Gasteiger partial charge in [-0.2, -0.15) is 4.52 Å². The predicted molar refractivity (Wildman–Crippen MR) is 133 cm³/mol. The smallest absolute Gasteiger partial charge is 0.329 e. The monoisotopic (exact) mass is 482 g/mol. The molecule has 0 aliphatic carbocycles. The van der Waals surface area contributed by atoms with Crippen LogP contribution in [0, 0.1) is 0 Å². The van der Waals surface area contributed by atoms with Crippen LogP contribution in [0.5, 0.6) is 0 Å². The number of H-pyrrole nitrogens is 1. The molecule has 0 saturated carbocycles. The number of para-hydroxylation sites is 1. The number of nitrogens with one attached hydrogen (secondary N) is 1. The average molecular weight is 483 g/mol. The summed E-state index contributed by atoms with van der Waals surface area (Å²) in [5, 5.41) is 12.8. The maximum atomic E-state index is 13.3. The maximum absolute atomic E-state index is 13.3. The van der Waals surface area contributed by atoms with Crippen LogP contribution in [0.2, 0.25) is 0 Å². The number of aromatic nitrogens is 6. The van der Waals surface area contributed by atoms with E-state index in [-0.39, 0.29) is 12.5 Å². The van der Waals surface area contributed by atoms with Crippen LogP contribution in [0.4, 0.5) is 5.82 Å². The quantitative estimate of drug-likeness (QED) is 0.408. The average Bonchev–Trinajstić information content (AvgIpc) is 3.39. The van der Waals surface area contributed by atoms with Crippen LogP contribution in [-0.2, 0) is 6.54 Å². The van der Waals surface area contributed by atoms with Gasteiger partial charge in [0.25, 0.3) is 11.5 Å². The van der Waals surface area contributed by atoms with Crippen molar-refractivity contribution in [2.75, 3.05) is 31.1 Å². The minimum Gasteiger partial charge on any atom is -0.352 e. The molecule has 5 aromatic rings. The minimum absolute atomic E-state index is 0.0580. The molecule has 0 atom stereocenters. The van der Waals surface area contributed by atoms with Crippen LogP contribution in [0.25, 0.3) is 16.6 Å². The highest BCUT2D eigenvalue weighted by molar-refractivity contribution is 5.94. The molecule has 0 bridgehead atoms. The summed E-state index contributed by atoms with van der Waals surface area (Å²) in [6.07, 6.45) is 1.57. The molecular weight excluding hydrogens is 460 g/mol. The van der Waals surface area contributed by atoms with Gasteiger partial charge in [0.1, 0.15) is 12.1 Å². The predicted octanol–water partition coefficient (Wildman–Crippen LogP) is 1.14. The Morgan fingerprint density at radius 2 is 1.78 bits per heavy atom. The minimum atomic E-state index is -0.482. The van der Waals surface area contributed by atoms with E-state index >= 15 is 0 Å². The van der Waals surface area contributed by atoms with Crippen molar-refractivity contribution >= 4 is 28.3 Å². The lowest BCUT2D eigenvalue weighted by atomic mass is 10.1. The van der Waals surface area contributed by atoms with Crippen LogP contribution >= 0.6 is 0 Å². The first-order chi connectivity index (χ1) is 17.6. The number of benzene rings is 2. The molecule has 0 spiro atoms. The molecule has 0 radical (unpaired) electrons. The van der Waals surface area contributed by atoms with Gasteiger partial charge in [0.15, 0.2) is 5.65 Å². The highest BCUT2D eigenvalue weighted by Gasteiger charge is 2.23. The molecule has 36 heavy (non-hydrogen) atoms. The standard InChI is InChI=1S/C25H22N8O3/c34-23-19-6-1-2-7-20(19)32(25(36)27-23)15-17-4-3-5-18(14-17)24(35)31-12-10-30(11-13-31)22-9-8-21-28-26-16-33(21)29-22/h1-9,14,16H,10-13,15H2,(H,27,34,36). The van der Waals surface area contributed by atoms with Crippen molar-refractivity contribution in [1.29, 1.82) is 0 Å². The Morgan fingerprint density at radius 3 is 2.64 bits per heavy atom. The van der Waals surface area contributed by atoms with Crippen molar-refractivity contribution in [2.24, 2.45) is 0 Å². The van der Waals surface area contributed by atoms with Crippen molar-refractivity contribution in [2.45, 2.75) is 6.54 Å². The van der Waals surface area contributed by atoms with Gasteiger partial charge in [0.05, 0.1) is 17.4 Å². The van der Waals surface area contributed by atoms with E-state index in [1.54, 1.807) is 41.2 Å². The third kappa shape index (κ3) is 3.90. The van der Waals surface area contributed by atoms with E-state index in [9.17, 15) is 14.4 Å². The van der Waals surface area contributed by atoms with E-state index in [2.05, 4.69) is 25.2 Å². The second-order valence-corrected chi connectivity index (χ2v) is 8.67. The highest BCUT2D eigenvalue weighted by atomic mass is 16.2. The molecule has 180 valence electrons. The fourth-order valence-electron chi connectivity index (χ4n) is 4.59. The van der Waals surface area contributed by atoms with E-state index in [1.165, 1.54) is 4.57 Å². The number of nitrogens with zero attached hydrogens (tertiary/aromatic N) is 7. The first kappa shape index (κ1) is 21.7. The summed E-state index contributed by atoms with van der Waals surface area (Å²) in [5.41, 5.74) is 1.70. The Hall–Kier alpha value is -4.80. The normalized spacial score (nSPS) is 14.0. The van der Waals surface area contributed by atoms with E-state index in [4.69, 9.17) is 0 Å². The Balaban J connectivity index is 1.18. The summed E-state index contributed by atoms with van der Waals surface area (Å²) < 4.78 is 3.15. The van der Waals surface area contributed by atoms with Crippen LogP contribution < -0.4 is 16.1 Å². The summed E-state index contributed by atoms with van der Waals surface area (Å²) in [7, 11) is 0.